The summed E-state index contributed by atoms with van der Waals surface area (Å²) in [7, 11) is 0. The van der Waals surface area contributed by atoms with Crippen LogP contribution in [0.25, 0.3) is 0 Å². The average Bonchev–Trinajstić information content (AvgIpc) is 2.37. The molecule has 94 valence electrons. The molecule has 5 nitrogen and oxygen atoms in total. The lowest BCUT2D eigenvalue weighted by Crippen LogP contribution is -2.35. The molecule has 1 aromatic carbocycles. The first-order valence-electron chi connectivity index (χ1n) is 5.72. The SMILES string of the molecule is CCCCOc1ccc(NCC(=O)NN)cc1. The van der Waals surface area contributed by atoms with Gasteiger partial charge in [-0.15, -0.1) is 0 Å². The van der Waals surface area contributed by atoms with Gasteiger partial charge in [0.15, 0.2) is 0 Å². The molecule has 0 radical (unpaired) electrons. The summed E-state index contributed by atoms with van der Waals surface area (Å²) < 4.78 is 5.52. The Morgan fingerprint density at radius 2 is 2.06 bits per heavy atom. The van der Waals surface area contributed by atoms with E-state index in [9.17, 15) is 4.79 Å². The molecule has 0 unspecified atom stereocenters. The second-order valence-electron chi connectivity index (χ2n) is 3.65. The van der Waals surface area contributed by atoms with E-state index in [0.29, 0.717) is 0 Å². The standard InChI is InChI=1S/C12H19N3O2/c1-2-3-8-17-11-6-4-10(5-7-11)14-9-12(16)15-13/h4-7,14H,2-3,8-9,13H2,1H3,(H,15,16). The average molecular weight is 237 g/mol. The summed E-state index contributed by atoms with van der Waals surface area (Å²) in [6, 6.07) is 7.48. The van der Waals surface area contributed by atoms with Crippen LogP contribution in [0.4, 0.5) is 5.69 Å². The maximum absolute atomic E-state index is 10.9. The number of hydrogen-bond donors (Lipinski definition) is 3. The fourth-order valence-electron chi connectivity index (χ4n) is 1.24. The Morgan fingerprint density at radius 1 is 1.35 bits per heavy atom. The number of carbonyl (C=O) groups excluding carboxylic acids is 1. The van der Waals surface area contributed by atoms with Crippen LogP contribution >= 0.6 is 0 Å². The van der Waals surface area contributed by atoms with Gasteiger partial charge < -0.3 is 10.1 Å². The minimum Gasteiger partial charge on any atom is -0.494 e. The van der Waals surface area contributed by atoms with Crippen molar-refractivity contribution in [2.45, 2.75) is 19.8 Å². The Kier molecular flexibility index (Phi) is 5.88. The van der Waals surface area contributed by atoms with Crippen molar-refractivity contribution in [3.05, 3.63) is 24.3 Å². The second kappa shape index (κ2) is 7.51. The molecule has 0 aliphatic rings. The smallest absolute Gasteiger partial charge is 0.253 e. The number of amides is 1. The van der Waals surface area contributed by atoms with E-state index in [1.807, 2.05) is 24.3 Å². The van der Waals surface area contributed by atoms with Crippen molar-refractivity contribution in [1.82, 2.24) is 5.43 Å². The fraction of sp³-hybridized carbons (Fsp3) is 0.417. The first-order valence-corrected chi connectivity index (χ1v) is 5.72. The number of benzene rings is 1. The minimum atomic E-state index is -0.256. The van der Waals surface area contributed by atoms with E-state index in [1.54, 1.807) is 0 Å². The zero-order valence-electron chi connectivity index (χ0n) is 10.0. The van der Waals surface area contributed by atoms with Gasteiger partial charge in [-0.3, -0.25) is 10.2 Å². The van der Waals surface area contributed by atoms with Crippen LogP contribution in [-0.4, -0.2) is 19.1 Å². The van der Waals surface area contributed by atoms with Gasteiger partial charge in [0.05, 0.1) is 13.2 Å². The molecule has 1 amide bonds. The molecule has 0 aliphatic carbocycles. The highest BCUT2D eigenvalue weighted by Gasteiger charge is 1.98. The molecule has 0 heterocycles. The molecule has 0 bridgehead atoms. The van der Waals surface area contributed by atoms with E-state index in [4.69, 9.17) is 10.6 Å². The summed E-state index contributed by atoms with van der Waals surface area (Å²) in [6.45, 7) is 3.02. The van der Waals surface area contributed by atoms with Crippen molar-refractivity contribution in [3.63, 3.8) is 0 Å². The minimum absolute atomic E-state index is 0.159. The van der Waals surface area contributed by atoms with Crippen LogP contribution in [0.3, 0.4) is 0 Å². The maximum Gasteiger partial charge on any atom is 0.253 e. The number of rotatable bonds is 7. The number of hydrogen-bond acceptors (Lipinski definition) is 4. The summed E-state index contributed by atoms with van der Waals surface area (Å²) in [6.07, 6.45) is 2.17. The molecular formula is C12H19N3O2. The highest BCUT2D eigenvalue weighted by molar-refractivity contribution is 5.80. The van der Waals surface area contributed by atoms with Crippen LogP contribution in [-0.2, 0) is 4.79 Å². The van der Waals surface area contributed by atoms with Crippen molar-refractivity contribution in [2.24, 2.45) is 5.84 Å². The molecule has 1 rings (SSSR count). The molecule has 4 N–H and O–H groups in total. The van der Waals surface area contributed by atoms with Gasteiger partial charge in [-0.2, -0.15) is 0 Å². The van der Waals surface area contributed by atoms with Crippen molar-refractivity contribution >= 4 is 11.6 Å². The topological polar surface area (TPSA) is 76.4 Å². The quantitative estimate of drug-likeness (QED) is 0.289. The van der Waals surface area contributed by atoms with Crippen LogP contribution in [0, 0.1) is 0 Å². The summed E-state index contributed by atoms with van der Waals surface area (Å²) in [5, 5.41) is 2.94. The van der Waals surface area contributed by atoms with Crippen molar-refractivity contribution < 1.29 is 9.53 Å². The van der Waals surface area contributed by atoms with Gasteiger partial charge in [0, 0.05) is 5.69 Å². The van der Waals surface area contributed by atoms with Crippen molar-refractivity contribution in [3.8, 4) is 5.75 Å². The third-order valence-corrected chi connectivity index (χ3v) is 2.23. The van der Waals surface area contributed by atoms with Crippen LogP contribution in [0.2, 0.25) is 0 Å². The van der Waals surface area contributed by atoms with E-state index < -0.39 is 0 Å². The van der Waals surface area contributed by atoms with Crippen molar-refractivity contribution in [1.29, 1.82) is 0 Å². The van der Waals surface area contributed by atoms with Gasteiger partial charge in [0.25, 0.3) is 5.91 Å². The van der Waals surface area contributed by atoms with Gasteiger partial charge in [-0.05, 0) is 30.7 Å². The molecule has 0 fully saturated rings. The maximum atomic E-state index is 10.9. The Labute approximate surface area is 101 Å². The van der Waals surface area contributed by atoms with Gasteiger partial charge in [0.1, 0.15) is 5.75 Å². The molecule has 0 aromatic heterocycles. The lowest BCUT2D eigenvalue weighted by Gasteiger charge is -2.08. The predicted molar refractivity (Wildman–Crippen MR) is 67.7 cm³/mol. The van der Waals surface area contributed by atoms with E-state index >= 15 is 0 Å². The van der Waals surface area contributed by atoms with Gasteiger partial charge in [0.2, 0.25) is 0 Å². The van der Waals surface area contributed by atoms with Gasteiger partial charge in [-0.25, -0.2) is 5.84 Å². The van der Waals surface area contributed by atoms with Crippen LogP contribution in [0.1, 0.15) is 19.8 Å². The summed E-state index contributed by atoms with van der Waals surface area (Å²) >= 11 is 0. The normalized spacial score (nSPS) is 9.76. The highest BCUT2D eigenvalue weighted by atomic mass is 16.5. The van der Waals surface area contributed by atoms with Crippen molar-refractivity contribution in [2.75, 3.05) is 18.5 Å². The number of carbonyl (C=O) groups is 1. The van der Waals surface area contributed by atoms with Crippen LogP contribution in [0.15, 0.2) is 24.3 Å². The molecular weight excluding hydrogens is 218 g/mol. The Balaban J connectivity index is 2.36. The van der Waals surface area contributed by atoms with Gasteiger partial charge >= 0.3 is 0 Å². The summed E-state index contributed by atoms with van der Waals surface area (Å²) in [5.41, 5.74) is 2.91. The summed E-state index contributed by atoms with van der Waals surface area (Å²) in [5.74, 6) is 5.55. The Hall–Kier alpha value is -1.75. The number of anilines is 1. The van der Waals surface area contributed by atoms with Crippen LogP contribution < -0.4 is 21.3 Å². The van der Waals surface area contributed by atoms with E-state index in [1.165, 1.54) is 0 Å². The highest BCUT2D eigenvalue weighted by Crippen LogP contribution is 2.15. The molecule has 1 aromatic rings. The molecule has 0 saturated carbocycles. The first-order chi connectivity index (χ1) is 8.26. The molecule has 5 heteroatoms. The zero-order valence-corrected chi connectivity index (χ0v) is 10.0. The molecule has 0 spiro atoms. The summed E-state index contributed by atoms with van der Waals surface area (Å²) in [4.78, 5) is 10.9. The third kappa shape index (κ3) is 5.21. The Bertz CT molecular complexity index is 338. The number of ether oxygens (including phenoxy) is 1. The van der Waals surface area contributed by atoms with E-state index in [0.717, 1.165) is 30.9 Å². The zero-order chi connectivity index (χ0) is 12.5. The third-order valence-electron chi connectivity index (χ3n) is 2.23. The number of nitrogens with two attached hydrogens (primary N) is 1. The molecule has 17 heavy (non-hydrogen) atoms. The lowest BCUT2D eigenvalue weighted by molar-refractivity contribution is -0.119. The van der Waals surface area contributed by atoms with E-state index in [-0.39, 0.29) is 12.5 Å². The largest absolute Gasteiger partial charge is 0.494 e. The second-order valence-corrected chi connectivity index (χ2v) is 3.65. The first kappa shape index (κ1) is 13.3. The monoisotopic (exact) mass is 237 g/mol. The molecule has 0 atom stereocenters. The molecule has 0 saturated heterocycles. The predicted octanol–water partition coefficient (Wildman–Crippen LogP) is 1.27. The van der Waals surface area contributed by atoms with Gasteiger partial charge in [-0.1, -0.05) is 13.3 Å². The Morgan fingerprint density at radius 3 is 2.65 bits per heavy atom. The number of nitrogens with one attached hydrogen (secondary N) is 2. The van der Waals surface area contributed by atoms with E-state index in [2.05, 4.69) is 17.7 Å². The van der Waals surface area contributed by atoms with Crippen LogP contribution in [0.5, 0.6) is 5.75 Å². The molecule has 0 aliphatic heterocycles. The number of hydrazine groups is 1. The lowest BCUT2D eigenvalue weighted by atomic mass is 10.3. The fourth-order valence-corrected chi connectivity index (χ4v) is 1.24. The number of unbranched alkanes of at least 4 members (excludes halogenated alkanes) is 1.